The van der Waals surface area contributed by atoms with Gasteiger partial charge in [-0.25, -0.2) is 9.37 Å². The van der Waals surface area contributed by atoms with Gasteiger partial charge in [0.1, 0.15) is 11.0 Å². The van der Waals surface area contributed by atoms with Gasteiger partial charge in [0.05, 0.1) is 19.2 Å². The van der Waals surface area contributed by atoms with E-state index in [-0.39, 0.29) is 17.5 Å². The molecule has 0 bridgehead atoms. The lowest BCUT2D eigenvalue weighted by Crippen LogP contribution is -2.01. The van der Waals surface area contributed by atoms with E-state index in [4.69, 9.17) is 16.3 Å². The molecule has 0 radical (unpaired) electrons. The maximum absolute atomic E-state index is 12.8. The summed E-state index contributed by atoms with van der Waals surface area (Å²) in [6.45, 7) is 2.07. The quantitative estimate of drug-likeness (QED) is 0.603. The van der Waals surface area contributed by atoms with Crippen LogP contribution in [0.1, 0.15) is 18.9 Å². The third-order valence-electron chi connectivity index (χ3n) is 1.72. The van der Waals surface area contributed by atoms with Gasteiger partial charge >= 0.3 is 5.97 Å². The number of hydrogen-bond acceptors (Lipinski definition) is 3. The summed E-state index contributed by atoms with van der Waals surface area (Å²) in [4.78, 5) is 14.6. The predicted molar refractivity (Wildman–Crippen MR) is 59.5 cm³/mol. The topological polar surface area (TPSA) is 39.2 Å². The molecule has 1 rings (SSSR count). The molecule has 1 aromatic rings. The number of nitrogens with zero attached hydrogens (tertiary/aromatic N) is 1. The highest BCUT2D eigenvalue weighted by Gasteiger charge is 2.01. The van der Waals surface area contributed by atoms with Crippen molar-refractivity contribution < 1.29 is 13.9 Å². The van der Waals surface area contributed by atoms with Crippen LogP contribution in [0.5, 0.6) is 0 Å². The molecule has 0 aromatic carbocycles. The number of aromatic nitrogens is 1. The van der Waals surface area contributed by atoms with Crippen LogP contribution in [0.15, 0.2) is 18.3 Å². The molecular weight excluding hydrogens is 233 g/mol. The van der Waals surface area contributed by atoms with Crippen LogP contribution in [0.25, 0.3) is 6.08 Å². The van der Waals surface area contributed by atoms with Crippen molar-refractivity contribution in [3.63, 3.8) is 0 Å². The highest BCUT2D eigenvalue weighted by Crippen LogP contribution is 2.15. The van der Waals surface area contributed by atoms with Crippen LogP contribution in [0, 0.1) is 5.82 Å². The zero-order valence-corrected chi connectivity index (χ0v) is 9.50. The van der Waals surface area contributed by atoms with Crippen molar-refractivity contribution >= 4 is 23.6 Å². The van der Waals surface area contributed by atoms with Crippen LogP contribution in [0.3, 0.4) is 0 Å². The smallest absolute Gasteiger partial charge is 0.309 e. The second kappa shape index (κ2) is 6.23. The van der Waals surface area contributed by atoms with Crippen molar-refractivity contribution in [1.29, 1.82) is 0 Å². The van der Waals surface area contributed by atoms with Crippen molar-refractivity contribution in [3.05, 3.63) is 34.9 Å². The highest BCUT2D eigenvalue weighted by molar-refractivity contribution is 6.30. The molecule has 3 nitrogen and oxygen atoms in total. The first-order valence-corrected chi connectivity index (χ1v) is 5.14. The van der Waals surface area contributed by atoms with Gasteiger partial charge in [-0.2, -0.15) is 0 Å². The maximum Gasteiger partial charge on any atom is 0.309 e. The zero-order chi connectivity index (χ0) is 12.0. The third kappa shape index (κ3) is 3.98. The Balaban J connectivity index is 2.62. The summed E-state index contributed by atoms with van der Waals surface area (Å²) in [5.74, 6) is -0.806. The van der Waals surface area contributed by atoms with E-state index in [1.807, 2.05) is 0 Å². The molecule has 0 aliphatic heterocycles. The molecule has 0 N–H and O–H groups in total. The lowest BCUT2D eigenvalue weighted by Gasteiger charge is -1.98. The summed E-state index contributed by atoms with van der Waals surface area (Å²) in [5, 5.41) is 0.196. The Bertz CT molecular complexity index is 407. The molecule has 86 valence electrons. The molecule has 16 heavy (non-hydrogen) atoms. The van der Waals surface area contributed by atoms with Gasteiger partial charge in [-0.1, -0.05) is 23.8 Å². The van der Waals surface area contributed by atoms with Gasteiger partial charge in [0, 0.05) is 5.56 Å². The van der Waals surface area contributed by atoms with Crippen LogP contribution in [0.2, 0.25) is 5.15 Å². The number of carbonyl (C=O) groups excluding carboxylic acids is 1. The molecule has 0 aliphatic rings. The van der Waals surface area contributed by atoms with Gasteiger partial charge in [-0.05, 0) is 13.0 Å². The summed E-state index contributed by atoms with van der Waals surface area (Å²) in [5.41, 5.74) is 0.436. The molecule has 0 saturated heterocycles. The van der Waals surface area contributed by atoms with Crippen LogP contribution in [-0.2, 0) is 9.53 Å². The van der Waals surface area contributed by atoms with E-state index in [0.29, 0.717) is 12.2 Å². The fourth-order valence-corrected chi connectivity index (χ4v) is 1.22. The number of halogens is 2. The zero-order valence-electron chi connectivity index (χ0n) is 8.74. The normalized spacial score (nSPS) is 10.7. The molecule has 0 amide bonds. The minimum absolute atomic E-state index is 0.126. The number of carbonyl (C=O) groups is 1. The Morgan fingerprint density at radius 1 is 1.69 bits per heavy atom. The largest absolute Gasteiger partial charge is 0.466 e. The summed E-state index contributed by atoms with van der Waals surface area (Å²) < 4.78 is 17.5. The van der Waals surface area contributed by atoms with Crippen molar-refractivity contribution in [2.45, 2.75) is 13.3 Å². The van der Waals surface area contributed by atoms with Gasteiger partial charge in [-0.3, -0.25) is 4.79 Å². The van der Waals surface area contributed by atoms with E-state index < -0.39 is 5.82 Å². The minimum atomic E-state index is -0.472. The van der Waals surface area contributed by atoms with Gasteiger partial charge in [0.15, 0.2) is 0 Å². The van der Waals surface area contributed by atoms with E-state index in [0.717, 1.165) is 6.20 Å². The first kappa shape index (κ1) is 12.6. The van der Waals surface area contributed by atoms with Crippen molar-refractivity contribution in [1.82, 2.24) is 4.98 Å². The van der Waals surface area contributed by atoms with E-state index in [2.05, 4.69) is 4.98 Å². The molecule has 0 atom stereocenters. The van der Waals surface area contributed by atoms with Gasteiger partial charge in [0.25, 0.3) is 0 Å². The molecule has 0 unspecified atom stereocenters. The molecule has 1 aromatic heterocycles. The lowest BCUT2D eigenvalue weighted by molar-refractivity contribution is -0.142. The molecular formula is C11H11ClFNO2. The molecule has 0 aliphatic carbocycles. The van der Waals surface area contributed by atoms with Crippen LogP contribution < -0.4 is 0 Å². The Hall–Kier alpha value is -1.42. The van der Waals surface area contributed by atoms with E-state index in [1.54, 1.807) is 13.0 Å². The third-order valence-corrected chi connectivity index (χ3v) is 2.04. The number of rotatable bonds is 4. The fraction of sp³-hybridized carbons (Fsp3) is 0.273. The van der Waals surface area contributed by atoms with Crippen LogP contribution >= 0.6 is 11.6 Å². The predicted octanol–water partition coefficient (Wildman–Crippen LogP) is 2.84. The van der Waals surface area contributed by atoms with Gasteiger partial charge < -0.3 is 4.74 Å². The fourth-order valence-electron chi connectivity index (χ4n) is 1.06. The van der Waals surface area contributed by atoms with Crippen molar-refractivity contribution in [2.24, 2.45) is 0 Å². The second-order valence-corrected chi connectivity index (χ2v) is 3.30. The minimum Gasteiger partial charge on any atom is -0.466 e. The number of pyridine rings is 1. The Morgan fingerprint density at radius 2 is 2.44 bits per heavy atom. The molecule has 5 heteroatoms. The molecule has 1 heterocycles. The van der Waals surface area contributed by atoms with Crippen LogP contribution in [-0.4, -0.2) is 17.6 Å². The maximum atomic E-state index is 12.8. The van der Waals surface area contributed by atoms with Crippen molar-refractivity contribution in [3.8, 4) is 0 Å². The average Bonchev–Trinajstić information content (AvgIpc) is 2.23. The standard InChI is InChI=1S/C11H11ClFNO2/c1-2-16-10(15)5-3-4-8-6-9(13)7-14-11(8)12/h3-4,6-7H,2,5H2,1H3. The number of hydrogen-bond donors (Lipinski definition) is 0. The Labute approximate surface area is 97.9 Å². The summed E-state index contributed by atoms with van der Waals surface area (Å²) in [7, 11) is 0. The highest BCUT2D eigenvalue weighted by atomic mass is 35.5. The van der Waals surface area contributed by atoms with E-state index in [9.17, 15) is 9.18 Å². The monoisotopic (exact) mass is 243 g/mol. The number of ether oxygens (including phenoxy) is 1. The van der Waals surface area contributed by atoms with Crippen LogP contribution in [0.4, 0.5) is 4.39 Å². The lowest BCUT2D eigenvalue weighted by atomic mass is 10.2. The first-order valence-electron chi connectivity index (χ1n) is 4.76. The first-order chi connectivity index (χ1) is 7.63. The van der Waals surface area contributed by atoms with E-state index >= 15 is 0 Å². The van der Waals surface area contributed by atoms with Gasteiger partial charge in [-0.15, -0.1) is 0 Å². The SMILES string of the molecule is CCOC(=O)CC=Cc1cc(F)cnc1Cl. The van der Waals surface area contributed by atoms with Crippen molar-refractivity contribution in [2.75, 3.05) is 6.61 Å². The summed E-state index contributed by atoms with van der Waals surface area (Å²) in [6, 6.07) is 1.25. The van der Waals surface area contributed by atoms with E-state index in [1.165, 1.54) is 12.1 Å². The molecule has 0 spiro atoms. The Morgan fingerprint density at radius 3 is 3.12 bits per heavy atom. The second-order valence-electron chi connectivity index (χ2n) is 2.95. The molecule has 0 saturated carbocycles. The average molecular weight is 244 g/mol. The summed E-state index contributed by atoms with van der Waals surface area (Å²) >= 11 is 5.73. The Kier molecular flexibility index (Phi) is 4.92. The molecule has 0 fully saturated rings. The van der Waals surface area contributed by atoms with Gasteiger partial charge in [0.2, 0.25) is 0 Å². The number of esters is 1. The summed E-state index contributed by atoms with van der Waals surface area (Å²) in [6.07, 6.45) is 4.25.